The van der Waals surface area contributed by atoms with Crippen molar-refractivity contribution in [2.24, 2.45) is 7.05 Å². The van der Waals surface area contributed by atoms with Crippen molar-refractivity contribution in [3.8, 4) is 22.8 Å². The van der Waals surface area contributed by atoms with Gasteiger partial charge >= 0.3 is 0 Å². The van der Waals surface area contributed by atoms with E-state index >= 15 is 0 Å². The Bertz CT molecular complexity index is 663. The molecule has 1 aliphatic heterocycles. The molecule has 0 aliphatic carbocycles. The minimum absolute atomic E-state index is 0.593. The molecule has 0 spiro atoms. The second-order valence-electron chi connectivity index (χ2n) is 5.02. The van der Waals surface area contributed by atoms with Gasteiger partial charge in [-0.2, -0.15) is 5.10 Å². The summed E-state index contributed by atoms with van der Waals surface area (Å²) in [7, 11) is 1.81. The van der Waals surface area contributed by atoms with Crippen LogP contribution in [-0.2, 0) is 13.5 Å². The lowest BCUT2D eigenvalue weighted by atomic mass is 10.0. The molecule has 0 saturated heterocycles. The van der Waals surface area contributed by atoms with Crippen LogP contribution >= 0.6 is 11.6 Å². The van der Waals surface area contributed by atoms with E-state index in [1.807, 2.05) is 12.1 Å². The van der Waals surface area contributed by atoms with Crippen molar-refractivity contribution in [3.63, 3.8) is 0 Å². The molecule has 2 heterocycles. The van der Waals surface area contributed by atoms with Crippen molar-refractivity contribution in [2.45, 2.75) is 19.8 Å². The number of nitrogens with two attached hydrogens (primary N) is 1. The highest BCUT2D eigenvalue weighted by atomic mass is 35.5. The number of aromatic nitrogens is 2. The molecule has 2 aromatic rings. The molecule has 0 unspecified atom stereocenters. The van der Waals surface area contributed by atoms with Gasteiger partial charge in [0.2, 0.25) is 0 Å². The van der Waals surface area contributed by atoms with Crippen LogP contribution in [-0.4, -0.2) is 23.0 Å². The first-order valence-corrected chi connectivity index (χ1v) is 7.40. The van der Waals surface area contributed by atoms with E-state index < -0.39 is 0 Å². The SMILES string of the molecule is CCc1c2c(cc(Cl)c1-c1cc(N)n(C)n1)OCCCO2. The molecule has 0 amide bonds. The molecule has 1 aromatic carbocycles. The molecule has 5 nitrogen and oxygen atoms in total. The number of aryl methyl sites for hydroxylation is 1. The number of benzene rings is 1. The Morgan fingerprint density at radius 2 is 2.10 bits per heavy atom. The highest BCUT2D eigenvalue weighted by molar-refractivity contribution is 6.33. The van der Waals surface area contributed by atoms with Gasteiger partial charge < -0.3 is 15.2 Å². The van der Waals surface area contributed by atoms with Gasteiger partial charge in [0.05, 0.1) is 23.9 Å². The van der Waals surface area contributed by atoms with E-state index in [0.29, 0.717) is 29.8 Å². The summed E-state index contributed by atoms with van der Waals surface area (Å²) >= 11 is 6.47. The highest BCUT2D eigenvalue weighted by Crippen LogP contribution is 2.44. The van der Waals surface area contributed by atoms with Crippen LogP contribution in [0.5, 0.6) is 11.5 Å². The fourth-order valence-electron chi connectivity index (χ4n) is 2.56. The number of anilines is 1. The van der Waals surface area contributed by atoms with E-state index in [9.17, 15) is 0 Å². The summed E-state index contributed by atoms with van der Waals surface area (Å²) in [5, 5.41) is 5.04. The monoisotopic (exact) mass is 307 g/mol. The lowest BCUT2D eigenvalue weighted by Gasteiger charge is -2.16. The molecule has 0 atom stereocenters. The summed E-state index contributed by atoms with van der Waals surface area (Å²) in [5.74, 6) is 2.08. The van der Waals surface area contributed by atoms with Gasteiger partial charge in [-0.25, -0.2) is 0 Å². The summed E-state index contributed by atoms with van der Waals surface area (Å²) in [4.78, 5) is 0. The number of nitrogen functional groups attached to an aromatic ring is 1. The smallest absolute Gasteiger partial charge is 0.165 e. The quantitative estimate of drug-likeness (QED) is 0.926. The second kappa shape index (κ2) is 5.48. The van der Waals surface area contributed by atoms with Gasteiger partial charge in [0, 0.05) is 36.7 Å². The molecular weight excluding hydrogens is 290 g/mol. The van der Waals surface area contributed by atoms with E-state index in [1.165, 1.54) is 0 Å². The minimum Gasteiger partial charge on any atom is -0.489 e. The van der Waals surface area contributed by atoms with E-state index in [2.05, 4.69) is 12.0 Å². The van der Waals surface area contributed by atoms with Crippen LogP contribution < -0.4 is 15.2 Å². The highest BCUT2D eigenvalue weighted by Gasteiger charge is 2.23. The molecular formula is C15H18ClN3O2. The maximum atomic E-state index is 6.47. The van der Waals surface area contributed by atoms with Crippen LogP contribution in [0.25, 0.3) is 11.3 Å². The third kappa shape index (κ3) is 2.42. The minimum atomic E-state index is 0.593. The number of nitrogens with zero attached hydrogens (tertiary/aromatic N) is 2. The lowest BCUT2D eigenvalue weighted by molar-refractivity contribution is 0.296. The Morgan fingerprint density at radius 3 is 2.76 bits per heavy atom. The zero-order chi connectivity index (χ0) is 15.0. The average molecular weight is 308 g/mol. The summed E-state index contributed by atoms with van der Waals surface area (Å²) in [6.45, 7) is 3.35. The third-order valence-corrected chi connectivity index (χ3v) is 3.91. The summed E-state index contributed by atoms with van der Waals surface area (Å²) in [6.07, 6.45) is 1.64. The molecule has 0 bridgehead atoms. The van der Waals surface area contributed by atoms with Gasteiger partial charge in [0.15, 0.2) is 11.5 Å². The van der Waals surface area contributed by atoms with Crippen LogP contribution in [0.3, 0.4) is 0 Å². The zero-order valence-electron chi connectivity index (χ0n) is 12.1. The zero-order valence-corrected chi connectivity index (χ0v) is 12.9. The standard InChI is InChI=1S/C15H18ClN3O2/c1-3-9-14(11-8-13(17)19(2)18-11)10(16)7-12-15(9)21-6-4-5-20-12/h7-8H,3-6,17H2,1-2H3. The van der Waals surface area contributed by atoms with E-state index in [-0.39, 0.29) is 0 Å². The molecule has 21 heavy (non-hydrogen) atoms. The number of rotatable bonds is 2. The van der Waals surface area contributed by atoms with Crippen molar-refractivity contribution >= 4 is 17.4 Å². The Hall–Kier alpha value is -1.88. The number of ether oxygens (including phenoxy) is 2. The van der Waals surface area contributed by atoms with Crippen molar-refractivity contribution in [2.75, 3.05) is 18.9 Å². The molecule has 1 aromatic heterocycles. The van der Waals surface area contributed by atoms with Crippen molar-refractivity contribution in [3.05, 3.63) is 22.7 Å². The van der Waals surface area contributed by atoms with Gasteiger partial charge in [0.1, 0.15) is 5.82 Å². The second-order valence-corrected chi connectivity index (χ2v) is 5.43. The van der Waals surface area contributed by atoms with Gasteiger partial charge in [-0.15, -0.1) is 0 Å². The maximum absolute atomic E-state index is 6.47. The average Bonchev–Trinajstić information content (AvgIpc) is 2.66. The van der Waals surface area contributed by atoms with Crippen molar-refractivity contribution < 1.29 is 9.47 Å². The fraction of sp³-hybridized carbons (Fsp3) is 0.400. The van der Waals surface area contributed by atoms with Crippen LogP contribution in [0.2, 0.25) is 5.02 Å². The summed E-state index contributed by atoms with van der Waals surface area (Å²) in [5.41, 5.74) is 8.52. The number of hydrogen-bond donors (Lipinski definition) is 1. The van der Waals surface area contributed by atoms with E-state index in [1.54, 1.807) is 11.7 Å². The molecule has 1 aliphatic rings. The number of hydrogen-bond acceptors (Lipinski definition) is 4. The Morgan fingerprint density at radius 1 is 1.33 bits per heavy atom. The molecule has 0 fully saturated rings. The lowest BCUT2D eigenvalue weighted by Crippen LogP contribution is -2.00. The fourth-order valence-corrected chi connectivity index (χ4v) is 2.87. The van der Waals surface area contributed by atoms with Crippen LogP contribution in [0.4, 0.5) is 5.82 Å². The summed E-state index contributed by atoms with van der Waals surface area (Å²) < 4.78 is 13.2. The normalized spacial score (nSPS) is 14.0. The number of fused-ring (bicyclic) bond motifs is 1. The van der Waals surface area contributed by atoms with Crippen molar-refractivity contribution in [1.82, 2.24) is 9.78 Å². The molecule has 0 saturated carbocycles. The Balaban J connectivity index is 2.22. The van der Waals surface area contributed by atoms with Gasteiger partial charge in [-0.1, -0.05) is 18.5 Å². The Kier molecular flexibility index (Phi) is 3.68. The van der Waals surface area contributed by atoms with E-state index in [4.69, 9.17) is 26.8 Å². The third-order valence-electron chi connectivity index (χ3n) is 3.61. The van der Waals surface area contributed by atoms with Crippen molar-refractivity contribution in [1.29, 1.82) is 0 Å². The van der Waals surface area contributed by atoms with Crippen LogP contribution in [0.15, 0.2) is 12.1 Å². The van der Waals surface area contributed by atoms with E-state index in [0.717, 1.165) is 35.4 Å². The summed E-state index contributed by atoms with van der Waals surface area (Å²) in [6, 6.07) is 3.63. The molecule has 112 valence electrons. The largest absolute Gasteiger partial charge is 0.489 e. The Labute approximate surface area is 128 Å². The van der Waals surface area contributed by atoms with Gasteiger partial charge in [0.25, 0.3) is 0 Å². The predicted molar refractivity (Wildman–Crippen MR) is 83.1 cm³/mol. The first kappa shape index (κ1) is 14.1. The predicted octanol–water partition coefficient (Wildman–Crippen LogP) is 3.05. The maximum Gasteiger partial charge on any atom is 0.165 e. The van der Waals surface area contributed by atoms with Gasteiger partial charge in [-0.3, -0.25) is 4.68 Å². The molecule has 0 radical (unpaired) electrons. The first-order chi connectivity index (χ1) is 10.1. The van der Waals surface area contributed by atoms with Gasteiger partial charge in [-0.05, 0) is 6.42 Å². The van der Waals surface area contributed by atoms with Crippen LogP contribution in [0, 0.1) is 0 Å². The molecule has 6 heteroatoms. The molecule has 3 rings (SSSR count). The number of halogens is 1. The molecule has 2 N–H and O–H groups in total. The van der Waals surface area contributed by atoms with Crippen LogP contribution in [0.1, 0.15) is 18.9 Å². The first-order valence-electron chi connectivity index (χ1n) is 7.02. The topological polar surface area (TPSA) is 62.3 Å².